The zero-order chi connectivity index (χ0) is 34.9. The molecule has 3 heteroatoms. The van der Waals surface area contributed by atoms with Crippen molar-refractivity contribution in [2.75, 3.05) is 6.26 Å². The Labute approximate surface area is 305 Å². The maximum Gasteiger partial charge on any atom is 0.0541 e. The molecule has 0 fully saturated rings. The molecule has 0 saturated heterocycles. The Balaban J connectivity index is 0.000000585. The van der Waals surface area contributed by atoms with Crippen LogP contribution in [0.4, 0.5) is 0 Å². The van der Waals surface area contributed by atoms with Crippen molar-refractivity contribution in [1.82, 2.24) is 9.13 Å². The third-order valence-electron chi connectivity index (χ3n) is 10.1. The molecule has 0 N–H and O–H groups in total. The first-order valence-corrected chi connectivity index (χ1v) is 18.5. The highest BCUT2D eigenvalue weighted by Crippen LogP contribution is 2.44. The van der Waals surface area contributed by atoms with E-state index in [0.717, 1.165) is 6.42 Å². The van der Waals surface area contributed by atoms with Crippen LogP contribution in [0.15, 0.2) is 170 Å². The third kappa shape index (κ3) is 5.46. The van der Waals surface area contributed by atoms with Crippen molar-refractivity contribution in [2.24, 2.45) is 0 Å². The lowest BCUT2D eigenvalue weighted by atomic mass is 9.97. The zero-order valence-corrected chi connectivity index (χ0v) is 30.1. The first-order chi connectivity index (χ1) is 25.2. The Morgan fingerprint density at radius 1 is 0.451 bits per heavy atom. The van der Waals surface area contributed by atoms with Gasteiger partial charge in [-0.1, -0.05) is 115 Å². The van der Waals surface area contributed by atoms with Crippen molar-refractivity contribution < 1.29 is 0 Å². The topological polar surface area (TPSA) is 9.86 Å². The molecule has 7 aromatic carbocycles. The molecule has 0 atom stereocenters. The molecule has 2 aromatic heterocycles. The van der Waals surface area contributed by atoms with Crippen LogP contribution in [0, 0.1) is 0 Å². The summed E-state index contributed by atoms with van der Waals surface area (Å²) in [5.74, 6) is 0. The number of allylic oxidation sites excluding steroid dienone is 2. The van der Waals surface area contributed by atoms with E-state index < -0.39 is 0 Å². The maximum absolute atomic E-state index is 3.53. The fourth-order valence-electron chi connectivity index (χ4n) is 7.76. The molecule has 0 saturated carbocycles. The molecule has 2 heterocycles. The average molecular weight is 677 g/mol. The van der Waals surface area contributed by atoms with E-state index in [9.17, 15) is 0 Å². The van der Waals surface area contributed by atoms with Crippen LogP contribution >= 0.6 is 12.6 Å². The van der Waals surface area contributed by atoms with Crippen LogP contribution in [0.2, 0.25) is 0 Å². The van der Waals surface area contributed by atoms with E-state index in [4.69, 9.17) is 0 Å². The highest BCUT2D eigenvalue weighted by atomic mass is 32.1. The lowest BCUT2D eigenvalue weighted by molar-refractivity contribution is 1.12. The smallest absolute Gasteiger partial charge is 0.0541 e. The Morgan fingerprint density at radius 2 is 0.980 bits per heavy atom. The summed E-state index contributed by atoms with van der Waals surface area (Å²) in [6.45, 7) is 4.00. The van der Waals surface area contributed by atoms with E-state index in [-0.39, 0.29) is 0 Å². The molecular weight excluding hydrogens is 637 g/mol. The van der Waals surface area contributed by atoms with Gasteiger partial charge in [-0.2, -0.15) is 12.6 Å². The molecule has 10 rings (SSSR count). The van der Waals surface area contributed by atoms with Crippen molar-refractivity contribution in [3.8, 4) is 33.6 Å². The zero-order valence-electron chi connectivity index (χ0n) is 29.2. The van der Waals surface area contributed by atoms with Crippen LogP contribution in [0.1, 0.15) is 25.0 Å². The number of nitrogens with zero attached hydrogens (tertiary/aromatic N) is 2. The van der Waals surface area contributed by atoms with E-state index in [1.165, 1.54) is 88.4 Å². The molecule has 0 amide bonds. The van der Waals surface area contributed by atoms with Gasteiger partial charge >= 0.3 is 0 Å². The summed E-state index contributed by atoms with van der Waals surface area (Å²) in [6, 6.07) is 57.8. The van der Waals surface area contributed by atoms with E-state index >= 15 is 0 Å². The summed E-state index contributed by atoms with van der Waals surface area (Å²) in [4.78, 5) is 0. The Hall–Kier alpha value is -5.77. The number of rotatable bonds is 3. The minimum absolute atomic E-state index is 0.936. The van der Waals surface area contributed by atoms with Crippen molar-refractivity contribution in [3.05, 3.63) is 181 Å². The minimum Gasteiger partial charge on any atom is -0.309 e. The van der Waals surface area contributed by atoms with Crippen molar-refractivity contribution in [1.29, 1.82) is 0 Å². The fourth-order valence-corrected chi connectivity index (χ4v) is 7.76. The first-order valence-electron chi connectivity index (χ1n) is 17.6. The summed E-state index contributed by atoms with van der Waals surface area (Å²) in [5, 5.41) is 5.15. The van der Waals surface area contributed by atoms with Gasteiger partial charge in [0, 0.05) is 33.7 Å². The van der Waals surface area contributed by atoms with Crippen molar-refractivity contribution >= 4 is 56.2 Å². The van der Waals surface area contributed by atoms with Crippen LogP contribution in [0.3, 0.4) is 0 Å². The second-order valence-corrected chi connectivity index (χ2v) is 12.8. The van der Waals surface area contributed by atoms with Gasteiger partial charge in [-0.3, -0.25) is 0 Å². The number of aromatic nitrogens is 2. The molecule has 2 nitrogen and oxygen atoms in total. The van der Waals surface area contributed by atoms with Crippen LogP contribution in [0.25, 0.3) is 77.2 Å². The van der Waals surface area contributed by atoms with E-state index in [0.29, 0.717) is 0 Å². The predicted molar refractivity (Wildman–Crippen MR) is 224 cm³/mol. The Morgan fingerprint density at radius 3 is 1.63 bits per heavy atom. The maximum atomic E-state index is 3.53. The summed E-state index contributed by atoms with van der Waals surface area (Å²) >= 11 is 3.53. The normalized spacial score (nSPS) is 11.8. The molecule has 0 unspecified atom stereocenters. The molecule has 0 aliphatic heterocycles. The predicted octanol–water partition coefficient (Wildman–Crippen LogP) is 13.2. The van der Waals surface area contributed by atoms with Gasteiger partial charge in [-0.15, -0.1) is 0 Å². The molecule has 0 bridgehead atoms. The van der Waals surface area contributed by atoms with Crippen LogP contribution in [-0.4, -0.2) is 15.4 Å². The van der Waals surface area contributed by atoms with E-state index in [1.54, 1.807) is 6.26 Å². The lowest BCUT2D eigenvalue weighted by Gasteiger charge is -2.13. The van der Waals surface area contributed by atoms with Crippen molar-refractivity contribution in [2.45, 2.75) is 20.3 Å². The molecular formula is C48H40N2S. The molecule has 0 radical (unpaired) electrons. The van der Waals surface area contributed by atoms with Gasteiger partial charge in [0.1, 0.15) is 0 Å². The van der Waals surface area contributed by atoms with Crippen LogP contribution in [-0.2, 0) is 6.42 Å². The summed E-state index contributed by atoms with van der Waals surface area (Å²) in [5.41, 5.74) is 15.4. The highest BCUT2D eigenvalue weighted by Gasteiger charge is 2.24. The van der Waals surface area contributed by atoms with Gasteiger partial charge < -0.3 is 9.13 Å². The second kappa shape index (κ2) is 13.9. The molecule has 248 valence electrons. The SMILES string of the molecule is C/C=C\C.CS.c1ccc(-n2c3ccccc3c3cc(-c4ccc5c(c4)-c4cccc(-n6c7ccccc7c7ccccc76)c4C5)ccc32)cc1. The van der Waals surface area contributed by atoms with Gasteiger partial charge in [0.25, 0.3) is 0 Å². The van der Waals surface area contributed by atoms with Gasteiger partial charge in [0.15, 0.2) is 0 Å². The average Bonchev–Trinajstić information content (AvgIpc) is 3.86. The second-order valence-electron chi connectivity index (χ2n) is 12.8. The number of hydrogen-bond donors (Lipinski definition) is 1. The minimum atomic E-state index is 0.936. The van der Waals surface area contributed by atoms with Gasteiger partial charge in [-0.05, 0) is 108 Å². The summed E-state index contributed by atoms with van der Waals surface area (Å²) in [6.07, 6.45) is 6.63. The number of thiol groups is 1. The van der Waals surface area contributed by atoms with Gasteiger partial charge in [0.2, 0.25) is 0 Å². The summed E-state index contributed by atoms with van der Waals surface area (Å²) in [7, 11) is 0. The van der Waals surface area contributed by atoms with Crippen LogP contribution in [0.5, 0.6) is 0 Å². The molecule has 1 aliphatic carbocycles. The standard InChI is InChI=1S/C43H28N2.C4H8.CH4S/c1-2-11-31(12-3-1)44-39-17-7-6-15-35(39)38-26-29(23-24-43(38)44)28-21-22-30-27-37-32(36(30)25-28)16-10-20-42(37)45-40-18-8-4-13-33(40)34-14-5-9-19-41(34)45;1-3-4-2;1-2/h1-26H,27H2;3-4H,1-2H3;2H,1H3/b;4-3-;. The van der Waals surface area contributed by atoms with Crippen molar-refractivity contribution in [3.63, 3.8) is 0 Å². The number of fused-ring (bicyclic) bond motifs is 9. The van der Waals surface area contributed by atoms with Crippen LogP contribution < -0.4 is 0 Å². The number of hydrogen-bond acceptors (Lipinski definition) is 1. The summed E-state index contributed by atoms with van der Waals surface area (Å²) < 4.78 is 4.84. The van der Waals surface area contributed by atoms with Gasteiger partial charge in [0.05, 0.1) is 27.8 Å². The first kappa shape index (κ1) is 32.4. The van der Waals surface area contributed by atoms with E-state index in [1.807, 2.05) is 26.0 Å². The fraction of sp³-hybridized carbons (Fsp3) is 0.0833. The molecule has 9 aromatic rings. The molecule has 51 heavy (non-hydrogen) atoms. The number of benzene rings is 7. The van der Waals surface area contributed by atoms with E-state index in [2.05, 4.69) is 179 Å². The number of para-hydroxylation sites is 4. The Bertz CT molecular complexity index is 2650. The third-order valence-corrected chi connectivity index (χ3v) is 10.1. The quantitative estimate of drug-likeness (QED) is 0.141. The molecule has 1 aliphatic rings. The molecule has 0 spiro atoms. The lowest BCUT2D eigenvalue weighted by Crippen LogP contribution is -1.98. The Kier molecular flexibility index (Phi) is 8.81. The monoisotopic (exact) mass is 676 g/mol. The van der Waals surface area contributed by atoms with Gasteiger partial charge in [-0.25, -0.2) is 0 Å². The largest absolute Gasteiger partial charge is 0.309 e. The highest BCUT2D eigenvalue weighted by molar-refractivity contribution is 7.79.